The van der Waals surface area contributed by atoms with Gasteiger partial charge < -0.3 is 10.1 Å². The first-order valence-corrected chi connectivity index (χ1v) is 4.31. The van der Waals surface area contributed by atoms with Gasteiger partial charge >= 0.3 is 0 Å². The Kier molecular flexibility index (Phi) is 2.90. The molecule has 1 rings (SSSR count). The van der Waals surface area contributed by atoms with Crippen LogP contribution in [-0.2, 0) is 19.1 Å². The largest absolute Gasteiger partial charge is 0.342 e. The molecule has 1 atom stereocenters. The van der Waals surface area contributed by atoms with Gasteiger partial charge in [-0.1, -0.05) is 6.58 Å². The van der Waals surface area contributed by atoms with E-state index in [9.17, 15) is 14.4 Å². The summed E-state index contributed by atoms with van der Waals surface area (Å²) in [5, 5.41) is 4.36. The number of hydrogen-bond donors (Lipinski definition) is 2. The van der Waals surface area contributed by atoms with Gasteiger partial charge in [-0.15, -0.1) is 0 Å². The summed E-state index contributed by atoms with van der Waals surface area (Å²) in [6.07, 6.45) is 0. The number of rotatable bonds is 1. The van der Waals surface area contributed by atoms with E-state index in [0.717, 1.165) is 0 Å². The summed E-state index contributed by atoms with van der Waals surface area (Å²) in [6, 6.07) is 0. The van der Waals surface area contributed by atoms with Crippen LogP contribution in [0.25, 0.3) is 0 Å². The summed E-state index contributed by atoms with van der Waals surface area (Å²) in [4.78, 5) is 33.4. The van der Waals surface area contributed by atoms with Gasteiger partial charge in [0.1, 0.15) is 0 Å². The van der Waals surface area contributed by atoms with Gasteiger partial charge in [0.25, 0.3) is 11.8 Å². The smallest absolute Gasteiger partial charge is 0.279 e. The Morgan fingerprint density at radius 2 is 2.20 bits per heavy atom. The average molecular weight is 212 g/mol. The lowest BCUT2D eigenvalue weighted by atomic mass is 10.1. The highest BCUT2D eigenvalue weighted by Gasteiger charge is 2.40. The van der Waals surface area contributed by atoms with Crippen LogP contribution in [0.1, 0.15) is 13.8 Å². The van der Waals surface area contributed by atoms with Crippen molar-refractivity contribution in [1.82, 2.24) is 10.6 Å². The maximum atomic E-state index is 11.5. The fraction of sp³-hybridized carbons (Fsp3) is 0.444. The SMILES string of the molecule is C=C1COC(C)(C(=O)NC(C)=O)NC1=O. The highest BCUT2D eigenvalue weighted by molar-refractivity contribution is 6.03. The monoisotopic (exact) mass is 212 g/mol. The summed E-state index contributed by atoms with van der Waals surface area (Å²) in [6.45, 7) is 5.98. The van der Waals surface area contributed by atoms with Crippen molar-refractivity contribution in [1.29, 1.82) is 0 Å². The van der Waals surface area contributed by atoms with E-state index < -0.39 is 23.4 Å². The second kappa shape index (κ2) is 3.82. The van der Waals surface area contributed by atoms with Crippen LogP contribution >= 0.6 is 0 Å². The predicted octanol–water partition coefficient (Wildman–Crippen LogP) is -0.932. The molecule has 1 fully saturated rings. The summed E-state index contributed by atoms with van der Waals surface area (Å²) < 4.78 is 5.12. The maximum Gasteiger partial charge on any atom is 0.279 e. The van der Waals surface area contributed by atoms with Crippen molar-refractivity contribution < 1.29 is 19.1 Å². The zero-order valence-corrected chi connectivity index (χ0v) is 8.55. The second-order valence-electron chi connectivity index (χ2n) is 3.39. The number of amides is 3. The first-order chi connectivity index (χ1) is 6.85. The lowest BCUT2D eigenvalue weighted by molar-refractivity contribution is -0.160. The Labute approximate surface area is 86.7 Å². The molecule has 0 aromatic rings. The van der Waals surface area contributed by atoms with Gasteiger partial charge in [0.05, 0.1) is 6.61 Å². The third-order valence-corrected chi connectivity index (χ3v) is 1.93. The predicted molar refractivity (Wildman–Crippen MR) is 50.5 cm³/mol. The second-order valence-corrected chi connectivity index (χ2v) is 3.39. The van der Waals surface area contributed by atoms with Gasteiger partial charge in [0.2, 0.25) is 11.6 Å². The highest BCUT2D eigenvalue weighted by Crippen LogP contribution is 2.14. The van der Waals surface area contributed by atoms with Crippen LogP contribution in [-0.4, -0.2) is 30.1 Å². The summed E-state index contributed by atoms with van der Waals surface area (Å²) in [7, 11) is 0. The summed E-state index contributed by atoms with van der Waals surface area (Å²) in [5.41, 5.74) is -1.27. The highest BCUT2D eigenvalue weighted by atomic mass is 16.5. The zero-order valence-electron chi connectivity index (χ0n) is 8.55. The fourth-order valence-corrected chi connectivity index (χ4v) is 1.04. The van der Waals surface area contributed by atoms with Crippen molar-refractivity contribution in [2.75, 3.05) is 6.61 Å². The molecule has 0 bridgehead atoms. The molecule has 1 heterocycles. The molecule has 0 radical (unpaired) electrons. The molecule has 3 amide bonds. The molecule has 0 saturated carbocycles. The Hall–Kier alpha value is -1.69. The summed E-state index contributed by atoms with van der Waals surface area (Å²) >= 11 is 0. The minimum absolute atomic E-state index is 0.0341. The van der Waals surface area contributed by atoms with E-state index in [-0.39, 0.29) is 12.2 Å². The van der Waals surface area contributed by atoms with Crippen LogP contribution in [0.3, 0.4) is 0 Å². The van der Waals surface area contributed by atoms with E-state index in [1.54, 1.807) is 0 Å². The Morgan fingerprint density at radius 1 is 1.60 bits per heavy atom. The maximum absolute atomic E-state index is 11.5. The van der Waals surface area contributed by atoms with Gasteiger partial charge in [-0.05, 0) is 6.92 Å². The van der Waals surface area contributed by atoms with Crippen molar-refractivity contribution in [3.05, 3.63) is 12.2 Å². The molecule has 2 N–H and O–H groups in total. The number of imide groups is 1. The standard InChI is InChI=1S/C9H12N2O4/c1-5-4-15-9(3,11-7(5)13)8(14)10-6(2)12/h1,4H2,2-3H3,(H,11,13)(H,10,12,14). The van der Waals surface area contributed by atoms with Crippen LogP contribution in [0.4, 0.5) is 0 Å². The van der Waals surface area contributed by atoms with Crippen LogP contribution in [0, 0.1) is 0 Å². The van der Waals surface area contributed by atoms with Gasteiger partial charge in [-0.3, -0.25) is 19.7 Å². The van der Waals surface area contributed by atoms with Crippen LogP contribution in [0.15, 0.2) is 12.2 Å². The van der Waals surface area contributed by atoms with Gasteiger partial charge in [0.15, 0.2) is 0 Å². The number of carbonyl (C=O) groups is 3. The van der Waals surface area contributed by atoms with E-state index in [2.05, 4.69) is 11.9 Å². The number of nitrogens with one attached hydrogen (secondary N) is 2. The number of carbonyl (C=O) groups excluding carboxylic acids is 3. The molecular weight excluding hydrogens is 200 g/mol. The van der Waals surface area contributed by atoms with E-state index in [0.29, 0.717) is 0 Å². The fourth-order valence-electron chi connectivity index (χ4n) is 1.04. The van der Waals surface area contributed by atoms with E-state index in [1.807, 2.05) is 5.32 Å². The molecule has 82 valence electrons. The molecule has 1 unspecified atom stereocenters. The normalized spacial score (nSPS) is 25.7. The van der Waals surface area contributed by atoms with Gasteiger partial charge in [0, 0.05) is 12.5 Å². The average Bonchev–Trinajstić information content (AvgIpc) is 2.11. The molecule has 0 aliphatic carbocycles. The van der Waals surface area contributed by atoms with Gasteiger partial charge in [-0.2, -0.15) is 0 Å². The van der Waals surface area contributed by atoms with Crippen LogP contribution < -0.4 is 10.6 Å². The van der Waals surface area contributed by atoms with Crippen molar-refractivity contribution in [3.63, 3.8) is 0 Å². The van der Waals surface area contributed by atoms with E-state index in [1.165, 1.54) is 13.8 Å². The van der Waals surface area contributed by atoms with Crippen molar-refractivity contribution in [2.45, 2.75) is 19.6 Å². The van der Waals surface area contributed by atoms with Gasteiger partial charge in [-0.25, -0.2) is 0 Å². The Morgan fingerprint density at radius 3 is 2.67 bits per heavy atom. The third-order valence-electron chi connectivity index (χ3n) is 1.93. The quantitative estimate of drug-likeness (QED) is 0.550. The van der Waals surface area contributed by atoms with Crippen molar-refractivity contribution >= 4 is 17.7 Å². The molecule has 1 saturated heterocycles. The molecule has 1 aliphatic rings. The first-order valence-electron chi connectivity index (χ1n) is 4.31. The Bertz CT molecular complexity index is 350. The van der Waals surface area contributed by atoms with Crippen molar-refractivity contribution in [3.8, 4) is 0 Å². The third kappa shape index (κ3) is 2.41. The Balaban J connectivity index is 2.75. The molecule has 15 heavy (non-hydrogen) atoms. The van der Waals surface area contributed by atoms with E-state index in [4.69, 9.17) is 4.74 Å². The number of ether oxygens (including phenoxy) is 1. The minimum Gasteiger partial charge on any atom is -0.342 e. The topological polar surface area (TPSA) is 84.5 Å². The molecule has 6 nitrogen and oxygen atoms in total. The van der Waals surface area contributed by atoms with E-state index >= 15 is 0 Å². The molecule has 6 heteroatoms. The first kappa shape index (κ1) is 11.4. The molecular formula is C9H12N2O4. The molecule has 1 aliphatic heterocycles. The lowest BCUT2D eigenvalue weighted by Crippen LogP contribution is -2.62. The summed E-state index contributed by atoms with van der Waals surface area (Å²) in [5.74, 6) is -1.67. The van der Waals surface area contributed by atoms with Crippen molar-refractivity contribution in [2.24, 2.45) is 0 Å². The lowest BCUT2D eigenvalue weighted by Gasteiger charge is -2.33. The molecule has 0 aromatic carbocycles. The molecule has 0 spiro atoms. The molecule has 0 aromatic heterocycles. The zero-order chi connectivity index (χ0) is 11.6. The minimum atomic E-state index is -1.51. The number of hydrogen-bond acceptors (Lipinski definition) is 4. The van der Waals surface area contributed by atoms with Crippen LogP contribution in [0.5, 0.6) is 0 Å². The van der Waals surface area contributed by atoms with Crippen LogP contribution in [0.2, 0.25) is 0 Å².